The Morgan fingerprint density at radius 3 is 2.78 bits per heavy atom. The molecule has 2 N–H and O–H groups in total. The maximum absolute atomic E-state index is 10.5. The summed E-state index contributed by atoms with van der Waals surface area (Å²) in [5.41, 5.74) is 2.47. The number of nitrogens with one attached hydrogen (secondary N) is 1. The van der Waals surface area contributed by atoms with Crippen LogP contribution in [-0.2, 0) is 0 Å². The molecular formula is C18H13N3OS. The Bertz CT molecular complexity index is 1090. The molecule has 1 aliphatic heterocycles. The first-order valence-electron chi connectivity index (χ1n) is 7.18. The van der Waals surface area contributed by atoms with Gasteiger partial charge in [0, 0.05) is 11.8 Å². The van der Waals surface area contributed by atoms with Crippen LogP contribution in [0.25, 0.3) is 17.8 Å². The van der Waals surface area contributed by atoms with Crippen molar-refractivity contribution in [3.8, 4) is 11.6 Å². The molecule has 4 rings (SSSR count). The van der Waals surface area contributed by atoms with Gasteiger partial charge in [-0.3, -0.25) is 9.56 Å². The first-order chi connectivity index (χ1) is 11.2. The standard InChI is InChI=1S/C18H13N3OS/c22-17-16(11-12-6-7-15-13(10-12)8-9-19-15)20-18(23)21(17)14-4-2-1-3-5-14/h1-11,22H,(H,20,23)/b12-11+. The predicted octanol–water partition coefficient (Wildman–Crippen LogP) is 2.67. The van der Waals surface area contributed by atoms with Crippen LogP contribution in [0.5, 0.6) is 5.88 Å². The van der Waals surface area contributed by atoms with E-state index >= 15 is 0 Å². The maximum atomic E-state index is 10.5. The van der Waals surface area contributed by atoms with Crippen molar-refractivity contribution in [1.29, 1.82) is 0 Å². The SMILES string of the molecule is Oc1c(/C=c2\ccc3c(c2)C=CN=3)[nH]c(=S)n1-c1ccccc1. The van der Waals surface area contributed by atoms with Crippen LogP contribution in [0.3, 0.4) is 0 Å². The van der Waals surface area contributed by atoms with Crippen LogP contribution in [0.2, 0.25) is 0 Å². The molecular weight excluding hydrogens is 306 g/mol. The molecule has 3 aromatic rings. The Balaban J connectivity index is 1.86. The van der Waals surface area contributed by atoms with Crippen molar-refractivity contribution in [1.82, 2.24) is 9.55 Å². The number of H-pyrrole nitrogens is 1. The van der Waals surface area contributed by atoms with Gasteiger partial charge >= 0.3 is 0 Å². The fourth-order valence-corrected chi connectivity index (χ4v) is 2.94. The van der Waals surface area contributed by atoms with Crippen molar-refractivity contribution >= 4 is 24.4 Å². The number of rotatable bonds is 2. The summed E-state index contributed by atoms with van der Waals surface area (Å²) < 4.78 is 2.07. The molecule has 2 heterocycles. The van der Waals surface area contributed by atoms with Crippen molar-refractivity contribution in [2.45, 2.75) is 0 Å². The molecule has 0 spiro atoms. The molecule has 112 valence electrons. The first kappa shape index (κ1) is 13.7. The zero-order valence-corrected chi connectivity index (χ0v) is 12.9. The number of para-hydroxylation sites is 1. The minimum atomic E-state index is 0.0990. The Kier molecular flexibility index (Phi) is 3.20. The molecule has 0 amide bonds. The second kappa shape index (κ2) is 5.37. The van der Waals surface area contributed by atoms with Gasteiger partial charge in [0.05, 0.1) is 11.0 Å². The van der Waals surface area contributed by atoms with E-state index in [2.05, 4.69) is 9.98 Å². The van der Waals surface area contributed by atoms with Crippen molar-refractivity contribution in [3.63, 3.8) is 0 Å². The first-order valence-corrected chi connectivity index (χ1v) is 7.59. The van der Waals surface area contributed by atoms with Gasteiger partial charge in [-0.05, 0) is 53.9 Å². The third-order valence-corrected chi connectivity index (χ3v) is 4.03. The van der Waals surface area contributed by atoms with E-state index in [1.807, 2.05) is 60.7 Å². The quantitative estimate of drug-likeness (QED) is 0.714. The molecule has 0 unspecified atom stereocenters. The van der Waals surface area contributed by atoms with E-state index in [1.54, 1.807) is 10.8 Å². The lowest BCUT2D eigenvalue weighted by atomic mass is 10.1. The highest BCUT2D eigenvalue weighted by molar-refractivity contribution is 7.71. The number of fused-ring (bicyclic) bond motifs is 1. The number of aromatic nitrogens is 2. The smallest absolute Gasteiger partial charge is 0.222 e. The fraction of sp³-hybridized carbons (Fsp3) is 0. The summed E-state index contributed by atoms with van der Waals surface area (Å²) in [4.78, 5) is 7.31. The highest BCUT2D eigenvalue weighted by Crippen LogP contribution is 2.22. The van der Waals surface area contributed by atoms with E-state index in [0.29, 0.717) is 10.5 Å². The molecule has 4 nitrogen and oxygen atoms in total. The van der Waals surface area contributed by atoms with Gasteiger partial charge in [-0.1, -0.05) is 24.3 Å². The average molecular weight is 319 g/mol. The lowest BCUT2D eigenvalue weighted by Crippen LogP contribution is -2.10. The number of hydrogen-bond acceptors (Lipinski definition) is 3. The minimum absolute atomic E-state index is 0.0990. The van der Waals surface area contributed by atoms with Crippen molar-refractivity contribution in [2.24, 2.45) is 4.99 Å². The lowest BCUT2D eigenvalue weighted by molar-refractivity contribution is 0.440. The average Bonchev–Trinajstić information content (AvgIpc) is 3.13. The third kappa shape index (κ3) is 2.41. The van der Waals surface area contributed by atoms with Gasteiger partial charge in [0.15, 0.2) is 4.77 Å². The van der Waals surface area contributed by atoms with Crippen LogP contribution in [-0.4, -0.2) is 14.7 Å². The number of aromatic hydroxyl groups is 1. The molecule has 1 aliphatic rings. The van der Waals surface area contributed by atoms with E-state index in [4.69, 9.17) is 12.2 Å². The lowest BCUT2D eigenvalue weighted by Gasteiger charge is -2.03. The van der Waals surface area contributed by atoms with Gasteiger partial charge in [-0.2, -0.15) is 0 Å². The molecule has 1 aromatic heterocycles. The number of hydrogen-bond donors (Lipinski definition) is 2. The Hall–Kier alpha value is -2.92. The number of nitrogens with zero attached hydrogens (tertiary/aromatic N) is 2. The highest BCUT2D eigenvalue weighted by atomic mass is 32.1. The monoisotopic (exact) mass is 319 g/mol. The van der Waals surface area contributed by atoms with Crippen LogP contribution in [0.1, 0.15) is 11.3 Å². The minimum Gasteiger partial charge on any atom is -0.493 e. The molecule has 0 fully saturated rings. The summed E-state index contributed by atoms with van der Waals surface area (Å²) in [6.07, 6.45) is 5.62. The summed E-state index contributed by atoms with van der Waals surface area (Å²) in [5, 5.41) is 12.4. The summed E-state index contributed by atoms with van der Waals surface area (Å²) >= 11 is 5.34. The molecule has 0 aliphatic carbocycles. The Labute approximate surface area is 137 Å². The zero-order valence-electron chi connectivity index (χ0n) is 12.1. The predicted molar refractivity (Wildman–Crippen MR) is 92.4 cm³/mol. The molecule has 5 heteroatoms. The van der Waals surface area contributed by atoms with Crippen molar-refractivity contribution in [2.75, 3.05) is 0 Å². The largest absolute Gasteiger partial charge is 0.493 e. The van der Waals surface area contributed by atoms with E-state index in [-0.39, 0.29) is 5.88 Å². The number of benzene rings is 2. The van der Waals surface area contributed by atoms with E-state index < -0.39 is 0 Å². The topological polar surface area (TPSA) is 53.3 Å². The summed E-state index contributed by atoms with van der Waals surface area (Å²) in [5.74, 6) is 0.0990. The molecule has 0 saturated carbocycles. The van der Waals surface area contributed by atoms with Crippen molar-refractivity contribution < 1.29 is 5.11 Å². The van der Waals surface area contributed by atoms with Gasteiger partial charge in [0.25, 0.3) is 0 Å². The second-order valence-corrected chi connectivity index (χ2v) is 5.63. The fourth-order valence-electron chi connectivity index (χ4n) is 2.64. The maximum Gasteiger partial charge on any atom is 0.222 e. The molecule has 2 aromatic carbocycles. The highest BCUT2D eigenvalue weighted by Gasteiger charge is 2.10. The van der Waals surface area contributed by atoms with Gasteiger partial charge in [0.2, 0.25) is 5.88 Å². The third-order valence-electron chi connectivity index (χ3n) is 3.74. The summed E-state index contributed by atoms with van der Waals surface area (Å²) in [6.45, 7) is 0. The molecule has 0 saturated heterocycles. The van der Waals surface area contributed by atoms with E-state index in [9.17, 15) is 5.11 Å². The van der Waals surface area contributed by atoms with Crippen LogP contribution in [0.15, 0.2) is 59.7 Å². The molecule has 0 bridgehead atoms. The number of aromatic amines is 1. The second-order valence-electron chi connectivity index (χ2n) is 5.25. The Morgan fingerprint density at radius 2 is 1.96 bits per heavy atom. The van der Waals surface area contributed by atoms with Crippen LogP contribution < -0.4 is 10.6 Å². The summed E-state index contributed by atoms with van der Waals surface area (Å²) in [6, 6.07) is 15.5. The van der Waals surface area contributed by atoms with Crippen molar-refractivity contribution in [3.05, 3.63) is 81.3 Å². The van der Waals surface area contributed by atoms with Gasteiger partial charge in [0.1, 0.15) is 5.69 Å². The zero-order chi connectivity index (χ0) is 15.8. The van der Waals surface area contributed by atoms with Gasteiger partial charge < -0.3 is 10.1 Å². The van der Waals surface area contributed by atoms with Gasteiger partial charge in [-0.25, -0.2) is 0 Å². The number of imidazole rings is 1. The molecule has 23 heavy (non-hydrogen) atoms. The Morgan fingerprint density at radius 1 is 1.13 bits per heavy atom. The van der Waals surface area contributed by atoms with Crippen LogP contribution in [0, 0.1) is 4.77 Å². The van der Waals surface area contributed by atoms with E-state index in [1.165, 1.54) is 0 Å². The summed E-state index contributed by atoms with van der Waals surface area (Å²) in [7, 11) is 0. The van der Waals surface area contributed by atoms with E-state index in [0.717, 1.165) is 21.8 Å². The van der Waals surface area contributed by atoms with Crippen LogP contribution >= 0.6 is 12.2 Å². The van der Waals surface area contributed by atoms with Crippen LogP contribution in [0.4, 0.5) is 0 Å². The molecule has 0 atom stereocenters. The van der Waals surface area contributed by atoms with Gasteiger partial charge in [-0.15, -0.1) is 0 Å². The normalized spacial score (nSPS) is 13.1. The molecule has 0 radical (unpaired) electrons.